The lowest BCUT2D eigenvalue weighted by Gasteiger charge is -2.16. The Bertz CT molecular complexity index is 416. The molecule has 3 N–H and O–H groups in total. The number of anilines is 1. The summed E-state index contributed by atoms with van der Waals surface area (Å²) in [5, 5.41) is 4.87. The fraction of sp³-hybridized carbons (Fsp3) is 0.667. The van der Waals surface area contributed by atoms with Crippen molar-refractivity contribution in [3.8, 4) is 0 Å². The normalized spacial score (nSPS) is 23.9. The molecule has 1 heterocycles. The minimum absolute atomic E-state index is 0.0850. The smallest absolute Gasteiger partial charge is 0.228 e. The van der Waals surface area contributed by atoms with Crippen LogP contribution in [0.2, 0.25) is 0 Å². The number of nitrogens with zero attached hydrogens (tertiary/aromatic N) is 1. The van der Waals surface area contributed by atoms with Crippen LogP contribution >= 0.6 is 11.3 Å². The molecule has 94 valence electrons. The third-order valence-corrected chi connectivity index (χ3v) is 4.43. The van der Waals surface area contributed by atoms with Crippen molar-refractivity contribution in [3.63, 3.8) is 0 Å². The first-order chi connectivity index (χ1) is 8.11. The number of aromatic nitrogens is 1. The summed E-state index contributed by atoms with van der Waals surface area (Å²) in [6, 6.07) is 0. The second-order valence-electron chi connectivity index (χ2n) is 4.67. The Balaban J connectivity index is 2.04. The van der Waals surface area contributed by atoms with Gasteiger partial charge < -0.3 is 11.1 Å². The molecule has 17 heavy (non-hydrogen) atoms. The van der Waals surface area contributed by atoms with E-state index in [1.165, 1.54) is 11.3 Å². The molecule has 0 bridgehead atoms. The number of thiazole rings is 1. The molecule has 1 aromatic rings. The number of hydrogen-bond donors (Lipinski definition) is 2. The Labute approximate surface area is 106 Å². The number of rotatable bonds is 3. The first kappa shape index (κ1) is 12.5. The zero-order valence-corrected chi connectivity index (χ0v) is 11.1. The molecule has 1 aliphatic carbocycles. The van der Waals surface area contributed by atoms with Crippen molar-refractivity contribution >= 4 is 22.2 Å². The Morgan fingerprint density at radius 3 is 2.88 bits per heavy atom. The average molecular weight is 253 g/mol. The van der Waals surface area contributed by atoms with E-state index in [1.807, 2.05) is 13.8 Å². The third-order valence-electron chi connectivity index (χ3n) is 3.44. The van der Waals surface area contributed by atoms with E-state index in [4.69, 9.17) is 5.73 Å². The van der Waals surface area contributed by atoms with Gasteiger partial charge in [0.2, 0.25) is 5.91 Å². The van der Waals surface area contributed by atoms with E-state index in [9.17, 15) is 4.79 Å². The van der Waals surface area contributed by atoms with Crippen molar-refractivity contribution in [2.75, 3.05) is 11.9 Å². The molecule has 0 aliphatic heterocycles. The third kappa shape index (κ3) is 2.66. The topological polar surface area (TPSA) is 68.0 Å². The Morgan fingerprint density at radius 2 is 2.29 bits per heavy atom. The fourth-order valence-electron chi connectivity index (χ4n) is 2.52. The van der Waals surface area contributed by atoms with Crippen LogP contribution in [0.4, 0.5) is 5.00 Å². The Morgan fingerprint density at radius 1 is 1.53 bits per heavy atom. The molecule has 0 saturated heterocycles. The van der Waals surface area contributed by atoms with Gasteiger partial charge in [0.25, 0.3) is 0 Å². The summed E-state index contributed by atoms with van der Waals surface area (Å²) in [4.78, 5) is 16.5. The molecule has 2 atom stereocenters. The maximum absolute atomic E-state index is 12.2. The standard InChI is InChI=1S/C12H19N3OS/c1-7-12(17-8(2)14-7)15-11(16)10-5-3-4-9(10)6-13/h9-10H,3-6,13H2,1-2H3,(H,15,16)/t9-,10-/m1/s1. The first-order valence-corrected chi connectivity index (χ1v) is 6.88. The second-order valence-corrected chi connectivity index (χ2v) is 5.87. The van der Waals surface area contributed by atoms with Crippen molar-refractivity contribution in [1.29, 1.82) is 0 Å². The number of aryl methyl sites for hydroxylation is 2. The molecular weight excluding hydrogens is 234 g/mol. The molecule has 1 saturated carbocycles. The molecule has 1 aliphatic rings. The highest BCUT2D eigenvalue weighted by Gasteiger charge is 2.32. The summed E-state index contributed by atoms with van der Waals surface area (Å²) in [5.74, 6) is 0.552. The van der Waals surface area contributed by atoms with Gasteiger partial charge in [-0.2, -0.15) is 0 Å². The average Bonchev–Trinajstić information content (AvgIpc) is 2.85. The summed E-state index contributed by atoms with van der Waals surface area (Å²) in [7, 11) is 0. The van der Waals surface area contributed by atoms with E-state index in [1.54, 1.807) is 0 Å². The maximum atomic E-state index is 12.2. The highest BCUT2D eigenvalue weighted by atomic mass is 32.1. The molecular formula is C12H19N3OS. The molecule has 0 unspecified atom stereocenters. The minimum atomic E-state index is 0.0850. The van der Waals surface area contributed by atoms with E-state index in [2.05, 4.69) is 10.3 Å². The number of nitrogens with one attached hydrogen (secondary N) is 1. The zero-order chi connectivity index (χ0) is 12.4. The van der Waals surface area contributed by atoms with Crippen molar-refractivity contribution in [1.82, 2.24) is 4.98 Å². The van der Waals surface area contributed by atoms with E-state index < -0.39 is 0 Å². The van der Waals surface area contributed by atoms with Gasteiger partial charge in [0, 0.05) is 5.92 Å². The predicted molar refractivity (Wildman–Crippen MR) is 70.1 cm³/mol. The summed E-state index contributed by atoms with van der Waals surface area (Å²) in [6.45, 7) is 4.48. The molecule has 5 heteroatoms. The van der Waals surface area contributed by atoms with Crippen molar-refractivity contribution < 1.29 is 4.79 Å². The molecule has 4 nitrogen and oxygen atoms in total. The van der Waals surface area contributed by atoms with E-state index in [-0.39, 0.29) is 11.8 Å². The van der Waals surface area contributed by atoms with Crippen LogP contribution in [0.15, 0.2) is 0 Å². The van der Waals surface area contributed by atoms with Gasteiger partial charge in [0.1, 0.15) is 5.00 Å². The predicted octanol–water partition coefficient (Wildman–Crippen LogP) is 2.07. The second kappa shape index (κ2) is 5.14. The van der Waals surface area contributed by atoms with Crippen molar-refractivity contribution in [3.05, 3.63) is 10.7 Å². The van der Waals surface area contributed by atoms with Crippen molar-refractivity contribution in [2.45, 2.75) is 33.1 Å². The number of hydrogen-bond acceptors (Lipinski definition) is 4. The van der Waals surface area contributed by atoms with Crippen LogP contribution < -0.4 is 11.1 Å². The molecule has 0 spiro atoms. The largest absolute Gasteiger partial charge is 0.330 e. The quantitative estimate of drug-likeness (QED) is 0.866. The first-order valence-electron chi connectivity index (χ1n) is 6.06. The van der Waals surface area contributed by atoms with Gasteiger partial charge in [0.15, 0.2) is 0 Å². The van der Waals surface area contributed by atoms with Crippen LogP contribution in [0.25, 0.3) is 0 Å². The summed E-state index contributed by atoms with van der Waals surface area (Å²) in [6.07, 6.45) is 3.15. The van der Waals surface area contributed by atoms with Gasteiger partial charge in [-0.1, -0.05) is 6.42 Å². The Hall–Kier alpha value is -0.940. The van der Waals surface area contributed by atoms with Crippen LogP contribution in [0.3, 0.4) is 0 Å². The summed E-state index contributed by atoms with van der Waals surface area (Å²) >= 11 is 1.54. The number of carbonyl (C=O) groups excluding carboxylic acids is 1. The van der Waals surface area contributed by atoms with Gasteiger partial charge in [0.05, 0.1) is 10.7 Å². The van der Waals surface area contributed by atoms with Crippen molar-refractivity contribution in [2.24, 2.45) is 17.6 Å². The highest BCUT2D eigenvalue weighted by molar-refractivity contribution is 7.16. The minimum Gasteiger partial charge on any atom is -0.330 e. The van der Waals surface area contributed by atoms with Crippen LogP contribution in [0.1, 0.15) is 30.0 Å². The van der Waals surface area contributed by atoms with Gasteiger partial charge in [-0.3, -0.25) is 4.79 Å². The zero-order valence-electron chi connectivity index (χ0n) is 10.3. The number of carbonyl (C=O) groups is 1. The highest BCUT2D eigenvalue weighted by Crippen LogP contribution is 2.33. The maximum Gasteiger partial charge on any atom is 0.228 e. The van der Waals surface area contributed by atoms with Crippen LogP contribution in [0.5, 0.6) is 0 Å². The molecule has 0 radical (unpaired) electrons. The SMILES string of the molecule is Cc1nc(C)c(NC(=O)[C@@H]2CCC[C@@H]2CN)s1. The summed E-state index contributed by atoms with van der Waals surface area (Å²) in [5.41, 5.74) is 6.61. The molecule has 1 amide bonds. The van der Waals surface area contributed by atoms with E-state index in [0.717, 1.165) is 35.0 Å². The molecule has 2 rings (SSSR count). The van der Waals surface area contributed by atoms with Crippen LogP contribution in [0, 0.1) is 25.7 Å². The molecule has 1 aromatic heterocycles. The molecule has 0 aromatic carbocycles. The molecule has 1 fully saturated rings. The van der Waals surface area contributed by atoms with Crippen LogP contribution in [-0.4, -0.2) is 17.4 Å². The van der Waals surface area contributed by atoms with Gasteiger partial charge in [-0.25, -0.2) is 4.98 Å². The van der Waals surface area contributed by atoms with E-state index >= 15 is 0 Å². The van der Waals surface area contributed by atoms with Gasteiger partial charge in [-0.05, 0) is 39.2 Å². The lowest BCUT2D eigenvalue weighted by atomic mass is 9.95. The number of nitrogens with two attached hydrogens (primary N) is 1. The number of amides is 1. The lowest BCUT2D eigenvalue weighted by molar-refractivity contribution is -0.120. The van der Waals surface area contributed by atoms with E-state index in [0.29, 0.717) is 12.5 Å². The van der Waals surface area contributed by atoms with Crippen LogP contribution in [-0.2, 0) is 4.79 Å². The monoisotopic (exact) mass is 253 g/mol. The fourth-order valence-corrected chi connectivity index (χ4v) is 3.34. The van der Waals surface area contributed by atoms with Gasteiger partial charge >= 0.3 is 0 Å². The lowest BCUT2D eigenvalue weighted by Crippen LogP contribution is -2.29. The summed E-state index contributed by atoms with van der Waals surface area (Å²) < 4.78 is 0. The van der Waals surface area contributed by atoms with Gasteiger partial charge in [-0.15, -0.1) is 11.3 Å². The Kier molecular flexibility index (Phi) is 3.79.